The molecule has 0 aromatic carbocycles. The van der Waals surface area contributed by atoms with Crippen molar-refractivity contribution in [1.29, 1.82) is 0 Å². The Morgan fingerprint density at radius 2 is 1.10 bits per heavy atom. The van der Waals surface area contributed by atoms with Gasteiger partial charge in [-0.3, -0.25) is 9.80 Å². The molecule has 0 saturated carbocycles. The van der Waals surface area contributed by atoms with Crippen LogP contribution in [0.4, 0.5) is 0 Å². The highest BCUT2D eigenvalue weighted by atomic mass is 35.5. The highest BCUT2D eigenvalue weighted by molar-refractivity contribution is 8.00. The van der Waals surface area contributed by atoms with E-state index in [1.54, 1.807) is 0 Å². The number of nitrogens with zero attached hydrogens (tertiary/aromatic N) is 2. The molecular weight excluding hydrogens is 331 g/mol. The van der Waals surface area contributed by atoms with Crippen LogP contribution in [0.3, 0.4) is 0 Å². The van der Waals surface area contributed by atoms with Gasteiger partial charge in [0.1, 0.15) is 0 Å². The van der Waals surface area contributed by atoms with Gasteiger partial charge in [0, 0.05) is 49.8 Å². The van der Waals surface area contributed by atoms with Crippen LogP contribution in [-0.2, 0) is 9.47 Å². The van der Waals surface area contributed by atoms with Crippen LogP contribution < -0.4 is 0 Å². The fourth-order valence-corrected chi connectivity index (χ4v) is 4.87. The Balaban J connectivity index is 0.00000110. The number of thioether (sulfide) groups is 1. The van der Waals surface area contributed by atoms with Crippen molar-refractivity contribution in [2.75, 3.05) is 65.7 Å². The minimum Gasteiger partial charge on any atom is -0.379 e. The minimum absolute atomic E-state index is 0. The molecule has 3 aliphatic heterocycles. The SMILES string of the molecule is C1CN(C[C@H]2CC[C@@H](CN3CCOCC3)S2)CCO1.Cl.Cl. The molecule has 0 unspecified atom stereocenters. The van der Waals surface area contributed by atoms with Gasteiger partial charge < -0.3 is 9.47 Å². The third kappa shape index (κ3) is 6.42. The molecule has 3 saturated heterocycles. The van der Waals surface area contributed by atoms with Crippen molar-refractivity contribution in [3.05, 3.63) is 0 Å². The molecule has 21 heavy (non-hydrogen) atoms. The smallest absolute Gasteiger partial charge is 0.0594 e. The molecule has 3 fully saturated rings. The molecule has 0 aliphatic carbocycles. The molecule has 4 nitrogen and oxygen atoms in total. The fraction of sp³-hybridized carbons (Fsp3) is 1.00. The first-order chi connectivity index (χ1) is 9.40. The monoisotopic (exact) mass is 358 g/mol. The molecule has 3 rings (SSSR count). The highest BCUT2D eigenvalue weighted by Crippen LogP contribution is 2.34. The zero-order valence-electron chi connectivity index (χ0n) is 12.6. The summed E-state index contributed by atoms with van der Waals surface area (Å²) in [4.78, 5) is 5.16. The lowest BCUT2D eigenvalue weighted by molar-refractivity contribution is 0.0375. The zero-order chi connectivity index (χ0) is 12.9. The number of hydrogen-bond donors (Lipinski definition) is 0. The van der Waals surface area contributed by atoms with Gasteiger partial charge in [0.2, 0.25) is 0 Å². The molecule has 3 heterocycles. The van der Waals surface area contributed by atoms with Crippen molar-refractivity contribution in [2.45, 2.75) is 23.3 Å². The lowest BCUT2D eigenvalue weighted by Gasteiger charge is -2.30. The largest absolute Gasteiger partial charge is 0.379 e. The van der Waals surface area contributed by atoms with Gasteiger partial charge in [-0.25, -0.2) is 0 Å². The Morgan fingerprint density at radius 1 is 0.714 bits per heavy atom. The van der Waals surface area contributed by atoms with E-state index in [9.17, 15) is 0 Å². The second kappa shape index (κ2) is 10.5. The summed E-state index contributed by atoms with van der Waals surface area (Å²) < 4.78 is 10.8. The standard InChI is InChI=1S/C14H26N2O2S.2ClH/c1-2-14(12-16-5-9-18-10-6-16)19-13(1)11-15-3-7-17-8-4-15;;/h13-14H,1-12H2;2*1H/t13-,14+;;. The van der Waals surface area contributed by atoms with Gasteiger partial charge in [-0.1, -0.05) is 0 Å². The maximum Gasteiger partial charge on any atom is 0.0594 e. The van der Waals surface area contributed by atoms with E-state index in [1.165, 1.54) is 25.9 Å². The van der Waals surface area contributed by atoms with E-state index in [4.69, 9.17) is 9.47 Å². The molecule has 3 aliphatic rings. The van der Waals surface area contributed by atoms with E-state index in [0.717, 1.165) is 63.1 Å². The van der Waals surface area contributed by atoms with E-state index >= 15 is 0 Å². The number of halogens is 2. The van der Waals surface area contributed by atoms with Crippen LogP contribution in [0, 0.1) is 0 Å². The summed E-state index contributed by atoms with van der Waals surface area (Å²) in [7, 11) is 0. The summed E-state index contributed by atoms with van der Waals surface area (Å²) in [5, 5.41) is 1.70. The summed E-state index contributed by atoms with van der Waals surface area (Å²) in [5.41, 5.74) is 0. The van der Waals surface area contributed by atoms with Gasteiger partial charge in [0.25, 0.3) is 0 Å². The van der Waals surface area contributed by atoms with Gasteiger partial charge in [-0.05, 0) is 12.8 Å². The van der Waals surface area contributed by atoms with Crippen molar-refractivity contribution < 1.29 is 9.47 Å². The molecule has 0 radical (unpaired) electrons. The average Bonchev–Trinajstić information content (AvgIpc) is 2.88. The van der Waals surface area contributed by atoms with Crippen LogP contribution in [0.15, 0.2) is 0 Å². The van der Waals surface area contributed by atoms with Crippen LogP contribution in [-0.4, -0.2) is 86.0 Å². The minimum atomic E-state index is 0. The molecule has 0 N–H and O–H groups in total. The molecule has 0 amide bonds. The van der Waals surface area contributed by atoms with Gasteiger partial charge in [0.05, 0.1) is 26.4 Å². The summed E-state index contributed by atoms with van der Waals surface area (Å²) in [6.45, 7) is 10.8. The molecule has 7 heteroatoms. The maximum atomic E-state index is 5.42. The molecule has 0 spiro atoms. The summed E-state index contributed by atoms with van der Waals surface area (Å²) in [5.74, 6) is 0. The van der Waals surface area contributed by atoms with E-state index in [2.05, 4.69) is 21.6 Å². The van der Waals surface area contributed by atoms with Crippen molar-refractivity contribution in [3.63, 3.8) is 0 Å². The number of rotatable bonds is 4. The Labute approximate surface area is 145 Å². The van der Waals surface area contributed by atoms with Crippen LogP contribution in [0.5, 0.6) is 0 Å². The predicted octanol–water partition coefficient (Wildman–Crippen LogP) is 1.76. The fourth-order valence-electron chi connectivity index (χ4n) is 3.19. The third-order valence-electron chi connectivity index (χ3n) is 4.33. The van der Waals surface area contributed by atoms with Crippen molar-refractivity contribution >= 4 is 36.6 Å². The predicted molar refractivity (Wildman–Crippen MR) is 93.4 cm³/mol. The van der Waals surface area contributed by atoms with E-state index in [-0.39, 0.29) is 24.8 Å². The van der Waals surface area contributed by atoms with Crippen molar-refractivity contribution in [2.24, 2.45) is 0 Å². The first kappa shape index (κ1) is 19.8. The lowest BCUT2D eigenvalue weighted by atomic mass is 10.1. The molecule has 126 valence electrons. The first-order valence-electron chi connectivity index (χ1n) is 7.66. The number of hydrogen-bond acceptors (Lipinski definition) is 5. The molecule has 0 bridgehead atoms. The molecular formula is C14H28Cl2N2O2S. The van der Waals surface area contributed by atoms with E-state index in [0.29, 0.717) is 0 Å². The topological polar surface area (TPSA) is 24.9 Å². The number of ether oxygens (including phenoxy) is 2. The van der Waals surface area contributed by atoms with E-state index < -0.39 is 0 Å². The van der Waals surface area contributed by atoms with Crippen LogP contribution in [0.2, 0.25) is 0 Å². The summed E-state index contributed by atoms with van der Waals surface area (Å²) >= 11 is 2.23. The Hall–Kier alpha value is 0.770. The second-order valence-electron chi connectivity index (χ2n) is 5.78. The normalized spacial score (nSPS) is 31.4. The van der Waals surface area contributed by atoms with Gasteiger partial charge in [0.15, 0.2) is 0 Å². The first-order valence-corrected chi connectivity index (χ1v) is 8.60. The van der Waals surface area contributed by atoms with Crippen LogP contribution in [0.1, 0.15) is 12.8 Å². The van der Waals surface area contributed by atoms with Crippen LogP contribution >= 0.6 is 36.6 Å². The summed E-state index contributed by atoms with van der Waals surface area (Å²) in [6.07, 6.45) is 2.80. The zero-order valence-corrected chi connectivity index (χ0v) is 15.0. The highest BCUT2D eigenvalue weighted by Gasteiger charge is 2.29. The Morgan fingerprint density at radius 3 is 1.48 bits per heavy atom. The molecule has 0 aromatic rings. The Bertz CT molecular complexity index is 252. The van der Waals surface area contributed by atoms with Gasteiger partial charge >= 0.3 is 0 Å². The lowest BCUT2D eigenvalue weighted by Crippen LogP contribution is -2.40. The average molecular weight is 359 g/mol. The maximum absolute atomic E-state index is 5.42. The molecule has 0 aromatic heterocycles. The second-order valence-corrected chi connectivity index (χ2v) is 7.39. The quantitative estimate of drug-likeness (QED) is 0.762. The summed E-state index contributed by atoms with van der Waals surface area (Å²) in [6, 6.07) is 0. The van der Waals surface area contributed by atoms with Crippen molar-refractivity contribution in [1.82, 2.24) is 9.80 Å². The number of morpholine rings is 2. The molecule has 2 atom stereocenters. The van der Waals surface area contributed by atoms with Crippen LogP contribution in [0.25, 0.3) is 0 Å². The van der Waals surface area contributed by atoms with Gasteiger partial charge in [-0.15, -0.1) is 24.8 Å². The van der Waals surface area contributed by atoms with Gasteiger partial charge in [-0.2, -0.15) is 11.8 Å². The third-order valence-corrected chi connectivity index (χ3v) is 5.87. The Kier molecular flexibility index (Phi) is 9.93. The van der Waals surface area contributed by atoms with E-state index in [1.807, 2.05) is 0 Å². The van der Waals surface area contributed by atoms with Crippen molar-refractivity contribution in [3.8, 4) is 0 Å².